The molecule has 0 aromatic heterocycles. The molecule has 5 heteroatoms. The average Bonchev–Trinajstić information content (AvgIpc) is 2.05. The van der Waals surface area contributed by atoms with Crippen molar-refractivity contribution in [3.8, 4) is 0 Å². The van der Waals surface area contributed by atoms with Gasteiger partial charge >= 0.3 is 117 Å². The summed E-state index contributed by atoms with van der Waals surface area (Å²) >= 11 is 0.738. The van der Waals surface area contributed by atoms with E-state index in [-0.39, 0.29) is 43.1 Å². The molecule has 0 unspecified atom stereocenters. The maximum Gasteiger partial charge on any atom is 1.00 e. The van der Waals surface area contributed by atoms with Crippen LogP contribution in [-0.4, -0.2) is 5.97 Å². The topological polar surface area (TPSA) is 40.1 Å². The molecule has 66 valence electrons. The first-order chi connectivity index (χ1) is 5.75. The van der Waals surface area contributed by atoms with Gasteiger partial charge in [-0.05, 0) is 0 Å². The summed E-state index contributed by atoms with van der Waals surface area (Å²) in [6.07, 6.45) is 0.882. The van der Waals surface area contributed by atoms with Gasteiger partial charge in [0.15, 0.2) is 0 Å². The van der Waals surface area contributed by atoms with Crippen molar-refractivity contribution in [3.63, 3.8) is 0 Å². The van der Waals surface area contributed by atoms with Gasteiger partial charge in [0.25, 0.3) is 0 Å². The standard InChI is InChI=1S/C9H9O2.Hg.Na.H2S/c1-2-7-5-3-4-6-8(7)9(10)11;;;/h3-6H,1-2H2,(H,10,11);;;1H2/q;2*+1;/p-2. The smallest absolute Gasteiger partial charge is 0.813 e. The molecule has 0 saturated carbocycles. The first-order valence-electron chi connectivity index (χ1n) is 3.84. The number of benzene rings is 1. The molecule has 0 radical (unpaired) electrons. The van der Waals surface area contributed by atoms with Gasteiger partial charge in [-0.2, -0.15) is 0 Å². The quantitative estimate of drug-likeness (QED) is 0.312. The van der Waals surface area contributed by atoms with Gasteiger partial charge in [-0.15, -0.1) is 0 Å². The van der Waals surface area contributed by atoms with Crippen LogP contribution in [0.4, 0.5) is 0 Å². The number of thiol groups is 1. The summed E-state index contributed by atoms with van der Waals surface area (Å²) in [5.74, 6) is -1.06. The van der Waals surface area contributed by atoms with Crippen LogP contribution in [0.2, 0.25) is 3.93 Å². The molecule has 1 aromatic carbocycles. The Labute approximate surface area is 129 Å². The first kappa shape index (κ1) is 17.4. The molecule has 1 aromatic rings. The van der Waals surface area contributed by atoms with Crippen molar-refractivity contribution in [1.29, 1.82) is 0 Å². The van der Waals surface area contributed by atoms with E-state index in [0.29, 0.717) is 5.56 Å². The minimum absolute atomic E-state index is 0. The van der Waals surface area contributed by atoms with Crippen molar-refractivity contribution in [2.45, 2.75) is 10.4 Å². The maximum atomic E-state index is 10.6. The summed E-state index contributed by atoms with van der Waals surface area (Å²) in [5.41, 5.74) is 1.26. The van der Waals surface area contributed by atoms with Crippen molar-refractivity contribution in [2.75, 3.05) is 0 Å². The Morgan fingerprint density at radius 3 is 2.43 bits per heavy atom. The molecule has 0 spiro atoms. The van der Waals surface area contributed by atoms with Crippen LogP contribution in [-0.2, 0) is 46.0 Å². The number of hydrogen-bond acceptors (Lipinski definition) is 3. The number of rotatable bonds is 3. The zero-order chi connectivity index (χ0) is 8.97. The number of aromatic carboxylic acids is 1. The third-order valence-corrected chi connectivity index (χ3v) is 3.06. The van der Waals surface area contributed by atoms with Crippen LogP contribution >= 0.6 is 0 Å². The summed E-state index contributed by atoms with van der Waals surface area (Å²) < 4.78 is 1.14. The Hall–Kier alpha value is 0.975. The van der Waals surface area contributed by atoms with Crippen LogP contribution in [0.5, 0.6) is 0 Å². The van der Waals surface area contributed by atoms with Gasteiger partial charge in [-0.3, -0.25) is 0 Å². The van der Waals surface area contributed by atoms with E-state index in [0.717, 1.165) is 42.0 Å². The van der Waals surface area contributed by atoms with E-state index in [4.69, 9.17) is 0 Å². The van der Waals surface area contributed by atoms with Gasteiger partial charge in [-0.1, -0.05) is 0 Å². The molecule has 0 N–H and O–H groups in total. The summed E-state index contributed by atoms with van der Waals surface area (Å²) in [4.78, 5) is 10.6. The van der Waals surface area contributed by atoms with Crippen LogP contribution in [0.3, 0.4) is 0 Å². The van der Waals surface area contributed by atoms with Gasteiger partial charge in [0.05, 0.1) is 0 Å². The van der Waals surface area contributed by atoms with Gasteiger partial charge in [0.1, 0.15) is 0 Å². The number of carboxylic acid groups (broad SMARTS) is 1. The summed E-state index contributed by atoms with van der Waals surface area (Å²) in [5, 5.41) is 10.6. The van der Waals surface area contributed by atoms with E-state index in [1.54, 1.807) is 12.1 Å². The predicted octanol–water partition coefficient (Wildman–Crippen LogP) is -2.71. The van der Waals surface area contributed by atoms with E-state index < -0.39 is 5.97 Å². The van der Waals surface area contributed by atoms with Crippen LogP contribution in [0.1, 0.15) is 15.9 Å². The van der Waals surface area contributed by atoms with Gasteiger partial charge in [0, 0.05) is 0 Å². The van der Waals surface area contributed by atoms with E-state index in [9.17, 15) is 9.90 Å². The van der Waals surface area contributed by atoms with Crippen molar-refractivity contribution in [3.05, 3.63) is 35.4 Å². The molecule has 1 rings (SSSR count). The van der Waals surface area contributed by atoms with Gasteiger partial charge in [0.2, 0.25) is 0 Å². The minimum atomic E-state index is -1.06. The molecule has 2 nitrogen and oxygen atoms in total. The molecular formula is C9H9HgNaO2S. The first-order valence-corrected chi connectivity index (χ1v) is 7.73. The third kappa shape index (κ3) is 5.17. The second-order valence-electron chi connectivity index (χ2n) is 2.55. The molecule has 0 amide bonds. The van der Waals surface area contributed by atoms with Gasteiger partial charge in [-0.25, -0.2) is 0 Å². The normalized spacial score (nSPS) is 8.43. The van der Waals surface area contributed by atoms with E-state index in [1.165, 1.54) is 0 Å². The minimum Gasteiger partial charge on any atom is -0.813 e. The average molecular weight is 405 g/mol. The largest absolute Gasteiger partial charge is 1.00 e. The second kappa shape index (κ2) is 9.22. The molecule has 0 saturated heterocycles. The SMILES string of the molecule is O=C([O-])c1ccccc1C[CH2][Hg+].[Na+].[SH-]. The molecule has 0 atom stereocenters. The van der Waals surface area contributed by atoms with Crippen LogP contribution in [0.15, 0.2) is 24.3 Å². The fourth-order valence-electron chi connectivity index (χ4n) is 1.13. The molecular weight excluding hydrogens is 396 g/mol. The van der Waals surface area contributed by atoms with Crippen molar-refractivity contribution < 1.29 is 65.6 Å². The van der Waals surface area contributed by atoms with Crippen LogP contribution in [0, 0.1) is 0 Å². The van der Waals surface area contributed by atoms with E-state index in [2.05, 4.69) is 0 Å². The second-order valence-corrected chi connectivity index (χ2v) is 5.30. The van der Waals surface area contributed by atoms with Crippen LogP contribution in [0.25, 0.3) is 0 Å². The molecule has 14 heavy (non-hydrogen) atoms. The molecule has 0 aliphatic carbocycles. The monoisotopic (exact) mass is 406 g/mol. The number of carbonyl (C=O) groups excluding carboxylic acids is 1. The number of carbonyl (C=O) groups is 1. The number of hydrogen-bond donors (Lipinski definition) is 0. The van der Waals surface area contributed by atoms with E-state index >= 15 is 0 Å². The Bertz CT molecular complexity index is 294. The van der Waals surface area contributed by atoms with Crippen molar-refractivity contribution in [1.82, 2.24) is 0 Å². The van der Waals surface area contributed by atoms with Crippen LogP contribution < -0.4 is 34.7 Å². The molecule has 0 bridgehead atoms. The zero-order valence-electron chi connectivity index (χ0n) is 8.19. The fourth-order valence-corrected chi connectivity index (χ4v) is 2.61. The fraction of sp³-hybridized carbons (Fsp3) is 0.222. The Morgan fingerprint density at radius 1 is 1.36 bits per heavy atom. The molecule has 0 fully saturated rings. The summed E-state index contributed by atoms with van der Waals surface area (Å²) in [7, 11) is 0. The summed E-state index contributed by atoms with van der Waals surface area (Å²) in [6, 6.07) is 7.06. The zero-order valence-corrected chi connectivity index (χ0v) is 16.6. The third-order valence-electron chi connectivity index (χ3n) is 1.68. The van der Waals surface area contributed by atoms with E-state index in [1.807, 2.05) is 12.1 Å². The Morgan fingerprint density at radius 2 is 1.93 bits per heavy atom. The number of aryl methyl sites for hydroxylation is 1. The summed E-state index contributed by atoms with van der Waals surface area (Å²) in [6.45, 7) is 0. The number of carboxylic acids is 1. The Kier molecular flexibility index (Phi) is 11.4. The molecule has 0 aliphatic heterocycles. The Balaban J connectivity index is 0. The van der Waals surface area contributed by atoms with Crippen molar-refractivity contribution in [2.24, 2.45) is 0 Å². The predicted molar refractivity (Wildman–Crippen MR) is 48.0 cm³/mol. The van der Waals surface area contributed by atoms with Crippen molar-refractivity contribution >= 4 is 19.5 Å². The molecule has 0 heterocycles. The molecule has 0 aliphatic rings. The van der Waals surface area contributed by atoms with Gasteiger partial charge < -0.3 is 13.5 Å². The maximum absolute atomic E-state index is 10.6.